The molecule has 0 radical (unpaired) electrons. The third-order valence-electron chi connectivity index (χ3n) is 12.9. The molecule has 0 unspecified atom stereocenters. The number of amides is 2. The van der Waals surface area contributed by atoms with Gasteiger partial charge in [-0.15, -0.1) is 0 Å². The van der Waals surface area contributed by atoms with E-state index in [-0.39, 0.29) is 66.7 Å². The quantitative estimate of drug-likeness (QED) is 0.231. The molecule has 6 aromatic rings. The van der Waals surface area contributed by atoms with Gasteiger partial charge in [-0.3, -0.25) is 9.59 Å². The van der Waals surface area contributed by atoms with Crippen molar-refractivity contribution in [2.24, 2.45) is 0 Å². The van der Waals surface area contributed by atoms with E-state index < -0.39 is 41.7 Å². The van der Waals surface area contributed by atoms with Crippen LogP contribution in [-0.2, 0) is 20.9 Å². The molecule has 0 N–H and O–H groups in total. The van der Waals surface area contributed by atoms with Gasteiger partial charge in [-0.1, -0.05) is 0 Å². The van der Waals surface area contributed by atoms with Gasteiger partial charge in [0, 0.05) is 63.1 Å². The molecule has 2 aromatic carbocycles. The fourth-order valence-electron chi connectivity index (χ4n) is 9.95. The molecule has 6 bridgehead atoms. The van der Waals surface area contributed by atoms with Gasteiger partial charge in [0.05, 0.1) is 53.5 Å². The monoisotopic (exact) mass is 848 g/mol. The molecular weight excluding hydrogens is 806 g/mol. The van der Waals surface area contributed by atoms with Crippen LogP contribution in [0.15, 0.2) is 48.8 Å². The molecule has 4 aliphatic heterocycles. The SMILES string of the molecule is CCO[C@H]1CN(C)C(=O)[C@@H]2C[C@@H](CN2c2nc(N3[C@@H]4CC[C@H]3C(=O)N(C3CC3)C4)nc3c2cnn3-c2ccc(F)cc2F)Oc2nccc(n2)-c2cc(F)cc3nc(C)n(c23)C1. The van der Waals surface area contributed by atoms with Crippen molar-refractivity contribution in [1.82, 2.24) is 49.1 Å². The molecule has 5 atom stereocenters. The van der Waals surface area contributed by atoms with E-state index in [4.69, 9.17) is 24.4 Å². The number of anilines is 2. The summed E-state index contributed by atoms with van der Waals surface area (Å²) in [4.78, 5) is 60.4. The molecule has 16 nitrogen and oxygen atoms in total. The number of fused-ring (bicyclic) bond motifs is 8. The van der Waals surface area contributed by atoms with Crippen LogP contribution in [0.2, 0.25) is 0 Å². The third-order valence-corrected chi connectivity index (χ3v) is 12.9. The number of likely N-dealkylation sites (tertiary alicyclic amines) is 1. The zero-order chi connectivity index (χ0) is 42.6. The molecule has 8 heterocycles. The molecule has 11 rings (SSSR count). The van der Waals surface area contributed by atoms with Crippen molar-refractivity contribution < 1.29 is 32.2 Å². The number of carbonyl (C=O) groups excluding carboxylic acids is 2. The number of benzene rings is 2. The summed E-state index contributed by atoms with van der Waals surface area (Å²) in [6.45, 7) is 5.30. The van der Waals surface area contributed by atoms with Crippen LogP contribution in [0.25, 0.3) is 39.0 Å². The number of nitrogens with zero attached hydrogens (tertiary/aromatic N) is 12. The van der Waals surface area contributed by atoms with Gasteiger partial charge in [0.25, 0.3) is 0 Å². The second kappa shape index (κ2) is 14.6. The highest BCUT2D eigenvalue weighted by Gasteiger charge is 2.51. The molecule has 3 saturated heterocycles. The largest absolute Gasteiger partial charge is 0.458 e. The lowest BCUT2D eigenvalue weighted by atomic mass is 10.1. The molecule has 0 spiro atoms. The Labute approximate surface area is 353 Å². The Morgan fingerprint density at radius 3 is 2.50 bits per heavy atom. The molecule has 4 fully saturated rings. The van der Waals surface area contributed by atoms with Crippen molar-refractivity contribution in [3.05, 3.63) is 72.1 Å². The van der Waals surface area contributed by atoms with Crippen LogP contribution >= 0.6 is 0 Å². The van der Waals surface area contributed by atoms with E-state index in [1.165, 1.54) is 29.1 Å². The summed E-state index contributed by atoms with van der Waals surface area (Å²) in [6, 6.07) is 6.63. The molecular formula is C43H43F3N12O4. The number of halogens is 3. The highest BCUT2D eigenvalue weighted by molar-refractivity contribution is 5.95. The van der Waals surface area contributed by atoms with Gasteiger partial charge in [-0.2, -0.15) is 20.1 Å². The van der Waals surface area contributed by atoms with E-state index in [0.717, 1.165) is 31.4 Å². The first-order valence-corrected chi connectivity index (χ1v) is 21.1. The molecule has 1 aliphatic carbocycles. The van der Waals surface area contributed by atoms with Gasteiger partial charge in [0.1, 0.15) is 47.2 Å². The summed E-state index contributed by atoms with van der Waals surface area (Å²) >= 11 is 0. The van der Waals surface area contributed by atoms with Gasteiger partial charge in [-0.25, -0.2) is 27.8 Å². The Bertz CT molecular complexity index is 2800. The summed E-state index contributed by atoms with van der Waals surface area (Å²) in [5.74, 6) is -1.03. The van der Waals surface area contributed by atoms with Gasteiger partial charge in [-0.05, 0) is 63.8 Å². The maximum atomic E-state index is 15.5. The lowest BCUT2D eigenvalue weighted by Crippen LogP contribution is -2.58. The van der Waals surface area contributed by atoms with E-state index >= 15 is 8.78 Å². The molecule has 2 amide bonds. The number of aryl methyl sites for hydroxylation is 1. The lowest BCUT2D eigenvalue weighted by molar-refractivity contribution is -0.134. The van der Waals surface area contributed by atoms with Gasteiger partial charge in [0.15, 0.2) is 11.5 Å². The van der Waals surface area contributed by atoms with E-state index in [1.54, 1.807) is 24.2 Å². The number of ether oxygens (including phenoxy) is 2. The standard InChI is InChI=1S/C43H43F3N12O4/c1-4-61-28-19-53(3)40(59)36-16-27(62-43-47-12-11-32(50-43)29-13-24(45)15-33-37(29)54(21-28)22(2)49-33)20-56(36)38-30-17-48-58(34-9-5-23(44)14-31(34)46)39(30)52-42(51-38)57-26-8-10-35(57)41(60)55(18-26)25-6-7-25/h5,9,11-15,17,25-28,35-36H,4,6-8,10,16,18-21H2,1-3H3/t26-,27+,28+,35+,36+/m1/s1. The Kier molecular flexibility index (Phi) is 9.10. The molecule has 62 heavy (non-hydrogen) atoms. The third kappa shape index (κ3) is 6.38. The second-order valence-electron chi connectivity index (χ2n) is 16.9. The summed E-state index contributed by atoms with van der Waals surface area (Å²) in [7, 11) is 1.73. The first-order chi connectivity index (χ1) is 30.0. The first kappa shape index (κ1) is 38.5. The number of carbonyl (C=O) groups is 2. The predicted molar refractivity (Wildman–Crippen MR) is 219 cm³/mol. The van der Waals surface area contributed by atoms with E-state index in [9.17, 15) is 14.0 Å². The Balaban J connectivity index is 1.05. The number of hydrogen-bond acceptors (Lipinski definition) is 12. The minimum atomic E-state index is -0.842. The number of imidazole rings is 1. The number of aromatic nitrogens is 8. The van der Waals surface area contributed by atoms with E-state index in [0.29, 0.717) is 65.4 Å². The number of likely N-dealkylation sites (N-methyl/N-ethyl adjacent to an activating group) is 1. The second-order valence-corrected chi connectivity index (χ2v) is 16.9. The van der Waals surface area contributed by atoms with Crippen LogP contribution in [0.1, 0.15) is 44.9 Å². The molecule has 4 aromatic heterocycles. The van der Waals surface area contributed by atoms with Crippen molar-refractivity contribution in [3.63, 3.8) is 0 Å². The number of rotatable bonds is 6. The number of hydrogen-bond donors (Lipinski definition) is 0. The predicted octanol–water partition coefficient (Wildman–Crippen LogP) is 4.59. The molecule has 19 heteroatoms. The minimum absolute atomic E-state index is 0.0307. The van der Waals surface area contributed by atoms with Crippen LogP contribution in [0.4, 0.5) is 24.9 Å². The smallest absolute Gasteiger partial charge is 0.317 e. The van der Waals surface area contributed by atoms with Crippen LogP contribution in [0.3, 0.4) is 0 Å². The van der Waals surface area contributed by atoms with Crippen molar-refractivity contribution in [2.75, 3.05) is 43.1 Å². The Morgan fingerprint density at radius 1 is 0.855 bits per heavy atom. The van der Waals surface area contributed by atoms with Crippen molar-refractivity contribution >= 4 is 45.6 Å². The topological polar surface area (TPSA) is 153 Å². The average Bonchev–Trinajstić information content (AvgIpc) is 3.55. The summed E-state index contributed by atoms with van der Waals surface area (Å²) < 4.78 is 60.9. The lowest BCUT2D eigenvalue weighted by Gasteiger charge is -2.41. The van der Waals surface area contributed by atoms with Crippen molar-refractivity contribution in [1.29, 1.82) is 0 Å². The van der Waals surface area contributed by atoms with E-state index in [1.807, 2.05) is 33.1 Å². The maximum Gasteiger partial charge on any atom is 0.317 e. The summed E-state index contributed by atoms with van der Waals surface area (Å²) in [6.07, 6.45) is 5.50. The van der Waals surface area contributed by atoms with Gasteiger partial charge >= 0.3 is 6.01 Å². The highest BCUT2D eigenvalue weighted by atomic mass is 19.1. The zero-order valence-electron chi connectivity index (χ0n) is 34.3. The molecule has 320 valence electrons. The minimum Gasteiger partial charge on any atom is -0.458 e. The van der Waals surface area contributed by atoms with Crippen molar-refractivity contribution in [2.45, 2.75) is 88.9 Å². The Hall–Kier alpha value is -6.37. The van der Waals surface area contributed by atoms with Crippen LogP contribution in [0.5, 0.6) is 6.01 Å². The highest BCUT2D eigenvalue weighted by Crippen LogP contribution is 2.42. The fourth-order valence-corrected chi connectivity index (χ4v) is 9.95. The number of piperazine rings is 1. The Morgan fingerprint density at radius 2 is 1.69 bits per heavy atom. The maximum absolute atomic E-state index is 15.5. The summed E-state index contributed by atoms with van der Waals surface area (Å²) in [5, 5.41) is 4.96. The molecule has 1 saturated carbocycles. The fraction of sp³-hybridized carbons (Fsp3) is 0.442. The first-order valence-electron chi connectivity index (χ1n) is 21.1. The summed E-state index contributed by atoms with van der Waals surface area (Å²) in [5.41, 5.74) is 2.25. The van der Waals surface area contributed by atoms with Crippen LogP contribution < -0.4 is 14.5 Å². The van der Waals surface area contributed by atoms with Gasteiger partial charge in [0.2, 0.25) is 17.8 Å². The van der Waals surface area contributed by atoms with Crippen molar-refractivity contribution in [3.8, 4) is 23.0 Å². The van der Waals surface area contributed by atoms with Gasteiger partial charge < -0.3 is 33.6 Å². The zero-order valence-corrected chi connectivity index (χ0v) is 34.3. The van der Waals surface area contributed by atoms with Crippen LogP contribution in [0, 0.1) is 24.4 Å². The normalized spacial score (nSPS) is 24.0. The molecule has 5 aliphatic rings. The van der Waals surface area contributed by atoms with Crippen LogP contribution in [-0.4, -0.2) is 131 Å². The average molecular weight is 849 g/mol. The van der Waals surface area contributed by atoms with E-state index in [2.05, 4.69) is 15.1 Å².